The summed E-state index contributed by atoms with van der Waals surface area (Å²) >= 11 is 1.42. The molecule has 1 aromatic heterocycles. The molecule has 4 atom stereocenters. The lowest BCUT2D eigenvalue weighted by Gasteiger charge is -2.35. The van der Waals surface area contributed by atoms with E-state index in [4.69, 9.17) is 14.7 Å². The lowest BCUT2D eigenvalue weighted by atomic mass is 9.85. The van der Waals surface area contributed by atoms with Crippen molar-refractivity contribution in [2.45, 2.75) is 99.8 Å². The molecule has 13 nitrogen and oxygen atoms in total. The number of thioether (sulfide) groups is 1. The van der Waals surface area contributed by atoms with Crippen LogP contribution in [0.1, 0.15) is 65.7 Å². The smallest absolute Gasteiger partial charge is 0.408 e. The maximum Gasteiger partial charge on any atom is 0.408 e. The molecule has 1 aromatic carbocycles. The van der Waals surface area contributed by atoms with Crippen LogP contribution in [0, 0.1) is 11.3 Å². The van der Waals surface area contributed by atoms with Crippen LogP contribution in [0.5, 0.6) is 0 Å². The van der Waals surface area contributed by atoms with Crippen LogP contribution in [0.2, 0.25) is 0 Å². The Morgan fingerprint density at radius 3 is 2.43 bits per heavy atom. The van der Waals surface area contributed by atoms with Gasteiger partial charge < -0.3 is 25.2 Å². The van der Waals surface area contributed by atoms with Gasteiger partial charge in [-0.05, 0) is 56.6 Å². The molecule has 1 saturated heterocycles. The monoisotopic (exact) mass is 739 g/mol. The summed E-state index contributed by atoms with van der Waals surface area (Å²) in [5, 5.41) is 6.28. The van der Waals surface area contributed by atoms with E-state index >= 15 is 0 Å². The van der Waals surface area contributed by atoms with Crippen molar-refractivity contribution in [3.63, 3.8) is 0 Å². The fourth-order valence-corrected chi connectivity index (χ4v) is 8.68. The largest absolute Gasteiger partial charge is 0.446 e. The summed E-state index contributed by atoms with van der Waals surface area (Å²) in [5.41, 5.74) is -0.160. The van der Waals surface area contributed by atoms with Gasteiger partial charge in [0.25, 0.3) is 5.91 Å². The van der Waals surface area contributed by atoms with Crippen molar-refractivity contribution in [1.82, 2.24) is 30.2 Å². The van der Waals surface area contributed by atoms with E-state index in [9.17, 15) is 22.8 Å². The first-order valence-electron chi connectivity index (χ1n) is 17.7. The molecule has 4 fully saturated rings. The number of carbonyl (C=O) groups excluding carboxylic acids is 3. The maximum atomic E-state index is 14.6. The van der Waals surface area contributed by atoms with Gasteiger partial charge in [-0.2, -0.15) is 0 Å². The van der Waals surface area contributed by atoms with Gasteiger partial charge in [-0.1, -0.05) is 68.9 Å². The zero-order valence-corrected chi connectivity index (χ0v) is 31.4. The number of benzene rings is 1. The molecule has 0 radical (unpaired) electrons. The predicted octanol–water partition coefficient (Wildman–Crippen LogP) is 4.07. The Bertz CT molecular complexity index is 1740. The number of hydrogen-bond acceptors (Lipinski definition) is 11. The van der Waals surface area contributed by atoms with Crippen LogP contribution in [0.4, 0.5) is 10.6 Å². The lowest BCUT2D eigenvalue weighted by molar-refractivity contribution is -0.136. The van der Waals surface area contributed by atoms with Crippen molar-refractivity contribution in [3.05, 3.63) is 49.1 Å². The van der Waals surface area contributed by atoms with Crippen molar-refractivity contribution in [2.75, 3.05) is 30.9 Å². The fourth-order valence-electron chi connectivity index (χ4n) is 6.95. The normalized spacial score (nSPS) is 24.2. The SMILES string of the molecule is C=C[C@@H]1C[C@]1(NC[C@@H]1CN(c2cc(-c3ccccc3)nc(SC)n2)CN1C(=O)[C@@H](NC(=O)OC1CCCC1)C(C)(C)C)C(=O)NS(=O)(=O)C1CC1. The Kier molecular flexibility index (Phi) is 10.7. The molecule has 3 amide bonds. The number of anilines is 1. The van der Waals surface area contributed by atoms with E-state index in [1.54, 1.807) is 11.0 Å². The number of hydrogen-bond donors (Lipinski definition) is 3. The molecule has 15 heteroatoms. The van der Waals surface area contributed by atoms with Crippen molar-refractivity contribution >= 4 is 45.5 Å². The number of amides is 3. The van der Waals surface area contributed by atoms with Gasteiger partial charge in [-0.15, -0.1) is 6.58 Å². The third kappa shape index (κ3) is 8.36. The van der Waals surface area contributed by atoms with Crippen molar-refractivity contribution in [2.24, 2.45) is 11.3 Å². The van der Waals surface area contributed by atoms with E-state index in [2.05, 4.69) is 21.9 Å². The molecule has 4 aliphatic rings. The Morgan fingerprint density at radius 2 is 1.82 bits per heavy atom. The molecule has 0 spiro atoms. The van der Waals surface area contributed by atoms with Gasteiger partial charge in [0.05, 0.1) is 23.7 Å². The standard InChI is InChI=1S/C36H49N7O6S2/c1-6-24-19-36(24,32(45)41-51(47,48)27-16-17-27)37-20-25-21-42(29-18-28(38-33(39-29)50-5)23-12-8-7-9-13-23)22-43(25)31(44)30(35(2,3)4)40-34(46)49-26-14-10-11-15-26/h6-9,12-13,18,24-27,30,37H,1,10-11,14-17,19-22H2,2-5H3,(H,40,46)(H,41,45)/t24-,25-,30-,36-/m1/s1. The Morgan fingerprint density at radius 1 is 1.12 bits per heavy atom. The third-order valence-electron chi connectivity index (χ3n) is 10.3. The van der Waals surface area contributed by atoms with E-state index in [0.29, 0.717) is 36.8 Å². The van der Waals surface area contributed by atoms with Gasteiger partial charge in [0.15, 0.2) is 5.16 Å². The molecule has 3 N–H and O–H groups in total. The average Bonchev–Trinajstić information content (AvgIpc) is 3.99. The minimum absolute atomic E-state index is 0.162. The molecule has 0 bridgehead atoms. The zero-order chi connectivity index (χ0) is 36.6. The minimum atomic E-state index is -3.76. The highest BCUT2D eigenvalue weighted by molar-refractivity contribution is 7.98. The summed E-state index contributed by atoms with van der Waals surface area (Å²) in [7, 11) is -3.76. The molecular weight excluding hydrogens is 691 g/mol. The molecule has 2 heterocycles. The maximum absolute atomic E-state index is 14.6. The second-order valence-electron chi connectivity index (χ2n) is 15.1. The Hall–Kier alpha value is -3.69. The molecule has 1 aliphatic heterocycles. The highest BCUT2D eigenvalue weighted by Gasteiger charge is 2.60. The molecule has 276 valence electrons. The molecule has 51 heavy (non-hydrogen) atoms. The topological polar surface area (TPSA) is 163 Å². The number of rotatable bonds is 13. The average molecular weight is 740 g/mol. The fraction of sp³-hybridized carbons (Fsp3) is 0.583. The quantitative estimate of drug-likeness (QED) is 0.154. The first-order chi connectivity index (χ1) is 24.2. The van der Waals surface area contributed by atoms with Gasteiger partial charge in [0.1, 0.15) is 23.5 Å². The molecule has 6 rings (SSSR count). The predicted molar refractivity (Wildman–Crippen MR) is 196 cm³/mol. The summed E-state index contributed by atoms with van der Waals surface area (Å²) < 4.78 is 33.4. The summed E-state index contributed by atoms with van der Waals surface area (Å²) in [5.74, 6) is -0.549. The second kappa shape index (κ2) is 14.7. The lowest BCUT2D eigenvalue weighted by Crippen LogP contribution is -2.58. The van der Waals surface area contributed by atoms with Crippen LogP contribution >= 0.6 is 11.8 Å². The number of alkyl carbamates (subject to hydrolysis) is 1. The highest BCUT2D eigenvalue weighted by atomic mass is 32.2. The van der Waals surface area contributed by atoms with Gasteiger partial charge in [0.2, 0.25) is 15.9 Å². The van der Waals surface area contributed by atoms with E-state index in [0.717, 1.165) is 36.9 Å². The summed E-state index contributed by atoms with van der Waals surface area (Å²) in [6, 6.07) is 10.3. The number of nitrogens with one attached hydrogen (secondary N) is 3. The number of nitrogens with zero attached hydrogens (tertiary/aromatic N) is 4. The van der Waals surface area contributed by atoms with Crippen LogP contribution in [0.25, 0.3) is 11.3 Å². The van der Waals surface area contributed by atoms with Gasteiger partial charge >= 0.3 is 6.09 Å². The van der Waals surface area contributed by atoms with E-state index in [-0.39, 0.29) is 31.1 Å². The van der Waals surface area contributed by atoms with Crippen molar-refractivity contribution in [3.8, 4) is 11.3 Å². The molecule has 2 aromatic rings. The summed E-state index contributed by atoms with van der Waals surface area (Å²) in [6.45, 7) is 10.3. The minimum Gasteiger partial charge on any atom is -0.446 e. The van der Waals surface area contributed by atoms with Crippen LogP contribution < -0.4 is 20.3 Å². The zero-order valence-electron chi connectivity index (χ0n) is 29.8. The molecule has 3 saturated carbocycles. The van der Waals surface area contributed by atoms with Gasteiger partial charge in [0, 0.05) is 30.6 Å². The Balaban J connectivity index is 1.28. The van der Waals surface area contributed by atoms with Gasteiger partial charge in [-0.3, -0.25) is 14.3 Å². The first kappa shape index (κ1) is 37.1. The van der Waals surface area contributed by atoms with Crippen LogP contribution in [-0.2, 0) is 24.3 Å². The van der Waals surface area contributed by atoms with Crippen LogP contribution in [-0.4, -0.2) is 96.2 Å². The molecule has 0 unspecified atom stereocenters. The highest BCUT2D eigenvalue weighted by Crippen LogP contribution is 2.45. The van der Waals surface area contributed by atoms with E-state index in [1.807, 2.05) is 68.3 Å². The summed E-state index contributed by atoms with van der Waals surface area (Å²) in [6.07, 6.45) is 7.86. The number of ether oxygens (including phenoxy) is 1. The first-order valence-corrected chi connectivity index (χ1v) is 20.5. The van der Waals surface area contributed by atoms with Gasteiger partial charge in [-0.25, -0.2) is 23.2 Å². The second-order valence-corrected chi connectivity index (χ2v) is 17.9. The van der Waals surface area contributed by atoms with Crippen LogP contribution in [0.15, 0.2) is 54.2 Å². The van der Waals surface area contributed by atoms with Crippen molar-refractivity contribution in [1.29, 1.82) is 0 Å². The van der Waals surface area contributed by atoms with Crippen molar-refractivity contribution < 1.29 is 27.5 Å². The van der Waals surface area contributed by atoms with Crippen LogP contribution in [0.3, 0.4) is 0 Å². The molecular formula is C36H49N7O6S2. The third-order valence-corrected chi connectivity index (χ3v) is 12.6. The Labute approximate surface area is 304 Å². The van der Waals surface area contributed by atoms with E-state index in [1.165, 1.54) is 11.8 Å². The number of aromatic nitrogens is 2. The molecule has 3 aliphatic carbocycles. The number of sulfonamides is 1. The summed E-state index contributed by atoms with van der Waals surface area (Å²) in [4.78, 5) is 54.5. The number of carbonyl (C=O) groups is 3. The van der Waals surface area contributed by atoms with E-state index < -0.39 is 50.3 Å².